The van der Waals surface area contributed by atoms with Gasteiger partial charge in [-0.15, -0.1) is 23.4 Å². The summed E-state index contributed by atoms with van der Waals surface area (Å²) in [4.78, 5) is 0. The van der Waals surface area contributed by atoms with E-state index in [2.05, 4.69) is 20.3 Å². The van der Waals surface area contributed by atoms with Crippen LogP contribution in [-0.4, -0.2) is 38.2 Å². The summed E-state index contributed by atoms with van der Waals surface area (Å²) in [6.45, 7) is 0. The zero-order chi connectivity index (χ0) is 19.7. The van der Waals surface area contributed by atoms with E-state index in [1.165, 1.54) is 18.2 Å². The Bertz CT molecular complexity index is 965. The smallest absolute Gasteiger partial charge is 0.406 e. The molecule has 0 aliphatic heterocycles. The highest BCUT2D eigenvalue weighted by Crippen LogP contribution is 2.28. The molecule has 0 radical (unpaired) electrons. The molecule has 148 valence electrons. The lowest BCUT2D eigenvalue weighted by molar-refractivity contribution is -0.274. The van der Waals surface area contributed by atoms with Crippen molar-refractivity contribution in [3.63, 3.8) is 0 Å². The highest BCUT2D eigenvalue weighted by atomic mass is 19.4. The van der Waals surface area contributed by atoms with E-state index in [1.807, 2.05) is 12.3 Å². The average molecular weight is 392 g/mol. The van der Waals surface area contributed by atoms with Gasteiger partial charge in [-0.2, -0.15) is 0 Å². The predicted octanol–water partition coefficient (Wildman–Crippen LogP) is 4.01. The second-order valence-electron chi connectivity index (χ2n) is 6.90. The van der Waals surface area contributed by atoms with Crippen LogP contribution in [0.1, 0.15) is 25.7 Å². The van der Waals surface area contributed by atoms with Crippen molar-refractivity contribution >= 4 is 11.3 Å². The molecule has 0 spiro atoms. The van der Waals surface area contributed by atoms with Gasteiger partial charge in [0.1, 0.15) is 5.75 Å². The first-order chi connectivity index (χ1) is 13.4. The van der Waals surface area contributed by atoms with Gasteiger partial charge in [-0.25, -0.2) is 0 Å². The molecule has 0 saturated heterocycles. The molecule has 1 saturated carbocycles. The third kappa shape index (κ3) is 4.19. The maximum absolute atomic E-state index is 12.5. The molecule has 1 fully saturated rings. The molecule has 4 rings (SSSR count). The van der Waals surface area contributed by atoms with E-state index in [9.17, 15) is 18.3 Å². The normalized spacial score (nSPS) is 20.3. The Hall–Kier alpha value is -2.81. The fraction of sp³-hybridized carbons (Fsp3) is 0.368. The van der Waals surface area contributed by atoms with Gasteiger partial charge in [0.15, 0.2) is 11.5 Å². The molecule has 2 heterocycles. The van der Waals surface area contributed by atoms with Gasteiger partial charge in [0.2, 0.25) is 0 Å². The fourth-order valence-electron chi connectivity index (χ4n) is 3.46. The summed E-state index contributed by atoms with van der Waals surface area (Å²) >= 11 is 0. The maximum atomic E-state index is 12.5. The first-order valence-electron chi connectivity index (χ1n) is 9.03. The molecule has 1 aromatic carbocycles. The minimum Gasteiger partial charge on any atom is -0.406 e. The van der Waals surface area contributed by atoms with Crippen molar-refractivity contribution in [1.82, 2.24) is 14.6 Å². The van der Waals surface area contributed by atoms with E-state index in [0.717, 1.165) is 31.4 Å². The lowest BCUT2D eigenvalue weighted by Crippen LogP contribution is -2.28. The number of nitrogens with zero attached hydrogens (tertiary/aromatic N) is 3. The first kappa shape index (κ1) is 18.5. The molecule has 9 heteroatoms. The van der Waals surface area contributed by atoms with Crippen LogP contribution >= 0.6 is 0 Å². The van der Waals surface area contributed by atoms with Crippen molar-refractivity contribution in [2.75, 3.05) is 5.32 Å². The van der Waals surface area contributed by atoms with Crippen molar-refractivity contribution in [1.29, 1.82) is 0 Å². The van der Waals surface area contributed by atoms with Crippen LogP contribution in [0.25, 0.3) is 17.0 Å². The molecule has 3 aromatic rings. The molecule has 1 aliphatic carbocycles. The lowest BCUT2D eigenvalue weighted by Gasteiger charge is -2.27. The molecule has 1 aliphatic rings. The highest BCUT2D eigenvalue weighted by molar-refractivity contribution is 5.63. The molecular formula is C19H19F3N4O2. The summed E-state index contributed by atoms with van der Waals surface area (Å²) in [5.41, 5.74) is 1.91. The predicted molar refractivity (Wildman–Crippen MR) is 97.0 cm³/mol. The molecular weight excluding hydrogens is 373 g/mol. The Morgan fingerprint density at radius 3 is 2.61 bits per heavy atom. The van der Waals surface area contributed by atoms with E-state index >= 15 is 0 Å². The number of anilines is 1. The van der Waals surface area contributed by atoms with E-state index in [-0.39, 0.29) is 17.9 Å². The van der Waals surface area contributed by atoms with Crippen LogP contribution in [0, 0.1) is 0 Å². The van der Waals surface area contributed by atoms with Crippen molar-refractivity contribution in [3.8, 4) is 17.1 Å². The Morgan fingerprint density at radius 1 is 1.07 bits per heavy atom. The van der Waals surface area contributed by atoms with Crippen LogP contribution in [0.3, 0.4) is 0 Å². The van der Waals surface area contributed by atoms with E-state index in [1.54, 1.807) is 16.5 Å². The van der Waals surface area contributed by atoms with Crippen LogP contribution in [0.2, 0.25) is 0 Å². The monoisotopic (exact) mass is 392 g/mol. The topological polar surface area (TPSA) is 71.7 Å². The molecule has 2 N–H and O–H groups in total. The number of aliphatic hydroxyl groups excluding tert-OH is 1. The summed E-state index contributed by atoms with van der Waals surface area (Å²) in [5.74, 6) is 0.113. The second kappa shape index (κ2) is 7.31. The van der Waals surface area contributed by atoms with Crippen LogP contribution in [-0.2, 0) is 0 Å². The Morgan fingerprint density at radius 2 is 1.86 bits per heavy atom. The number of hydrogen-bond donors (Lipinski definition) is 2. The Labute approximate surface area is 159 Å². The number of pyridine rings is 1. The number of rotatable bonds is 4. The molecule has 6 nitrogen and oxygen atoms in total. The van der Waals surface area contributed by atoms with Gasteiger partial charge in [0.05, 0.1) is 11.8 Å². The summed E-state index contributed by atoms with van der Waals surface area (Å²) in [6, 6.07) is 9.62. The van der Waals surface area contributed by atoms with E-state index in [4.69, 9.17) is 0 Å². The summed E-state index contributed by atoms with van der Waals surface area (Å²) < 4.78 is 43.2. The highest BCUT2D eigenvalue weighted by Gasteiger charge is 2.31. The number of alkyl halides is 3. The molecule has 2 aromatic heterocycles. The molecule has 0 amide bonds. The fourth-order valence-corrected chi connectivity index (χ4v) is 3.46. The third-order valence-electron chi connectivity index (χ3n) is 4.80. The lowest BCUT2D eigenvalue weighted by atomic mass is 9.93. The molecule has 0 unspecified atom stereocenters. The SMILES string of the molecule is O[C@H]1CC[C@H](Nc2ccc3nnc(-c4cccc(OC(F)(F)F)c4)n3c2)CC1. The van der Waals surface area contributed by atoms with Crippen LogP contribution < -0.4 is 10.1 Å². The average Bonchev–Trinajstić information content (AvgIpc) is 3.06. The zero-order valence-corrected chi connectivity index (χ0v) is 14.9. The van der Waals surface area contributed by atoms with E-state index < -0.39 is 6.36 Å². The number of benzene rings is 1. The maximum Gasteiger partial charge on any atom is 0.573 e. The second-order valence-corrected chi connectivity index (χ2v) is 6.90. The minimum atomic E-state index is -4.75. The van der Waals surface area contributed by atoms with Crippen LogP contribution in [0.15, 0.2) is 42.6 Å². The zero-order valence-electron chi connectivity index (χ0n) is 14.9. The Balaban J connectivity index is 1.61. The number of ether oxygens (including phenoxy) is 1. The van der Waals surface area contributed by atoms with E-state index in [0.29, 0.717) is 17.0 Å². The molecule has 0 atom stereocenters. The summed E-state index contributed by atoms with van der Waals surface area (Å²) in [7, 11) is 0. The number of nitrogens with one attached hydrogen (secondary N) is 1. The third-order valence-corrected chi connectivity index (χ3v) is 4.80. The summed E-state index contributed by atoms with van der Waals surface area (Å²) in [5, 5.41) is 21.3. The quantitative estimate of drug-likeness (QED) is 0.702. The van der Waals surface area contributed by atoms with Gasteiger partial charge >= 0.3 is 6.36 Å². The number of aromatic nitrogens is 3. The number of hydrogen-bond acceptors (Lipinski definition) is 5. The first-order valence-corrected chi connectivity index (χ1v) is 9.03. The minimum absolute atomic E-state index is 0.226. The molecule has 0 bridgehead atoms. The van der Waals surface area contributed by atoms with Crippen molar-refractivity contribution < 1.29 is 23.0 Å². The van der Waals surface area contributed by atoms with Gasteiger partial charge in [-0.1, -0.05) is 12.1 Å². The van der Waals surface area contributed by atoms with Gasteiger partial charge in [-0.3, -0.25) is 4.40 Å². The van der Waals surface area contributed by atoms with Crippen LogP contribution in [0.5, 0.6) is 5.75 Å². The standard InChI is InChI=1S/C19H19F3N4O2/c20-19(21,22)28-16-3-1-2-12(10-16)18-25-24-17-9-6-14(11-26(17)18)23-13-4-7-15(27)8-5-13/h1-3,6,9-11,13,15,23,27H,4-5,7-8H2/t13-,15-. The van der Waals surface area contributed by atoms with Gasteiger partial charge < -0.3 is 15.2 Å². The van der Waals surface area contributed by atoms with Crippen molar-refractivity contribution in [2.24, 2.45) is 0 Å². The van der Waals surface area contributed by atoms with Gasteiger partial charge in [0.25, 0.3) is 0 Å². The summed E-state index contributed by atoms with van der Waals surface area (Å²) in [6.07, 6.45) is 0.142. The van der Waals surface area contributed by atoms with Crippen molar-refractivity contribution in [2.45, 2.75) is 44.2 Å². The number of fused-ring (bicyclic) bond motifs is 1. The largest absolute Gasteiger partial charge is 0.573 e. The van der Waals surface area contributed by atoms with Gasteiger partial charge in [-0.05, 0) is 49.9 Å². The Kier molecular flexibility index (Phi) is 4.84. The number of halogens is 3. The van der Waals surface area contributed by atoms with Gasteiger partial charge in [0, 0.05) is 17.8 Å². The number of aliphatic hydroxyl groups is 1. The van der Waals surface area contributed by atoms with Crippen LogP contribution in [0.4, 0.5) is 18.9 Å². The van der Waals surface area contributed by atoms with Crippen molar-refractivity contribution in [3.05, 3.63) is 42.6 Å². The molecule has 28 heavy (non-hydrogen) atoms.